The fourth-order valence-corrected chi connectivity index (χ4v) is 6.75. The van der Waals surface area contributed by atoms with Crippen molar-refractivity contribution in [3.63, 3.8) is 0 Å². The highest BCUT2D eigenvalue weighted by atomic mass is 32.1. The van der Waals surface area contributed by atoms with Crippen LogP contribution in [-0.4, -0.2) is 77.4 Å². The summed E-state index contributed by atoms with van der Waals surface area (Å²) in [6.45, 7) is 4.26. The lowest BCUT2D eigenvalue weighted by Gasteiger charge is -2.42. The molecule has 0 radical (unpaired) electrons. The summed E-state index contributed by atoms with van der Waals surface area (Å²) in [4.78, 5) is 57.1. The Labute approximate surface area is 232 Å². The average Bonchev–Trinajstić information content (AvgIpc) is 3.60. The summed E-state index contributed by atoms with van der Waals surface area (Å²) in [5.74, 6) is -0.515. The molecule has 3 heterocycles. The van der Waals surface area contributed by atoms with Crippen LogP contribution in [0, 0.1) is 5.92 Å². The van der Waals surface area contributed by atoms with Crippen LogP contribution in [0.2, 0.25) is 0 Å². The summed E-state index contributed by atoms with van der Waals surface area (Å²) >= 11 is 1.34. The summed E-state index contributed by atoms with van der Waals surface area (Å²) in [6, 6.07) is 11.5. The average molecular weight is 554 g/mol. The van der Waals surface area contributed by atoms with Crippen molar-refractivity contribution in [3.05, 3.63) is 42.5 Å². The first-order valence-corrected chi connectivity index (χ1v) is 14.4. The second kappa shape index (κ2) is 11.1. The molecule has 1 aliphatic carbocycles. The highest BCUT2D eigenvalue weighted by Crippen LogP contribution is 2.40. The molecule has 2 saturated heterocycles. The molecule has 0 spiro atoms. The van der Waals surface area contributed by atoms with Crippen LogP contribution < -0.4 is 10.1 Å². The van der Waals surface area contributed by atoms with Gasteiger partial charge in [-0.2, -0.15) is 0 Å². The number of carbonyl (C=O) groups is 4. The predicted molar refractivity (Wildman–Crippen MR) is 146 cm³/mol. The second-order valence-corrected chi connectivity index (χ2v) is 12.0. The lowest BCUT2D eigenvalue weighted by molar-refractivity contribution is -0.167. The van der Waals surface area contributed by atoms with Gasteiger partial charge in [0, 0.05) is 18.5 Å². The normalized spacial score (nSPS) is 22.4. The maximum atomic E-state index is 13.7. The monoisotopic (exact) mass is 553 g/mol. The molecule has 9 nitrogen and oxygen atoms in total. The number of carbonyl (C=O) groups excluding carboxylic acids is 4. The maximum Gasteiger partial charge on any atom is 0.414 e. The lowest BCUT2D eigenvalue weighted by atomic mass is 9.78. The Morgan fingerprint density at radius 3 is 2.49 bits per heavy atom. The first-order chi connectivity index (χ1) is 18.7. The molecule has 39 heavy (non-hydrogen) atoms. The van der Waals surface area contributed by atoms with Crippen LogP contribution >= 0.6 is 11.3 Å². The molecular formula is C29H35N3O6S. The van der Waals surface area contributed by atoms with E-state index in [9.17, 15) is 19.2 Å². The molecule has 3 atom stereocenters. The molecule has 3 unspecified atom stereocenters. The molecule has 1 saturated carbocycles. The summed E-state index contributed by atoms with van der Waals surface area (Å²) in [7, 11) is 1.54. The van der Waals surface area contributed by atoms with Crippen molar-refractivity contribution in [1.29, 1.82) is 0 Å². The van der Waals surface area contributed by atoms with Crippen molar-refractivity contribution in [2.75, 3.05) is 20.2 Å². The fourth-order valence-electron chi connectivity index (χ4n) is 5.89. The first kappa shape index (κ1) is 27.3. The van der Waals surface area contributed by atoms with Gasteiger partial charge in [0.05, 0.1) is 12.6 Å². The van der Waals surface area contributed by atoms with Gasteiger partial charge in [0.25, 0.3) is 5.91 Å². The number of hydrogen-bond acceptors (Lipinski definition) is 7. The predicted octanol–water partition coefficient (Wildman–Crippen LogP) is 3.87. The van der Waals surface area contributed by atoms with Crippen molar-refractivity contribution in [1.82, 2.24) is 15.1 Å². The molecule has 1 N–H and O–H groups in total. The Morgan fingerprint density at radius 1 is 1.10 bits per heavy atom. The summed E-state index contributed by atoms with van der Waals surface area (Å²) in [5, 5.41) is 3.17. The van der Waals surface area contributed by atoms with Crippen molar-refractivity contribution in [2.45, 2.75) is 69.7 Å². The standard InChI is InChI=1S/C29H35N3O6S/c1-18(2)16-20(30-28(36)38-24-11-10-23(39-24)19-8-5-4-6-9-19)26(34)31-15-12-21-25(31)22(33)17-32(21)27(35)29(37-3)13-7-14-29/h4-6,8-11,18,20-21,25H,7,12-17H2,1-3H3,(H,30,36). The number of Topliss-reactive ketones (excluding diaryl/α,β-unsaturated/α-hetero) is 1. The summed E-state index contributed by atoms with van der Waals surface area (Å²) in [5.41, 5.74) is 0.178. The van der Waals surface area contributed by atoms with Gasteiger partial charge < -0.3 is 24.6 Å². The van der Waals surface area contributed by atoms with Gasteiger partial charge >= 0.3 is 6.09 Å². The molecule has 0 bridgehead atoms. The molecular weight excluding hydrogens is 518 g/mol. The number of hydrogen-bond donors (Lipinski definition) is 1. The van der Waals surface area contributed by atoms with E-state index in [0.29, 0.717) is 37.3 Å². The van der Waals surface area contributed by atoms with Gasteiger partial charge in [0.2, 0.25) is 5.91 Å². The van der Waals surface area contributed by atoms with Gasteiger partial charge in [-0.25, -0.2) is 4.79 Å². The van der Waals surface area contributed by atoms with Gasteiger partial charge in [-0.3, -0.25) is 14.4 Å². The Kier molecular flexibility index (Phi) is 7.77. The van der Waals surface area contributed by atoms with Gasteiger partial charge in [-0.1, -0.05) is 55.5 Å². The van der Waals surface area contributed by atoms with Crippen LogP contribution in [0.5, 0.6) is 5.06 Å². The van der Waals surface area contributed by atoms with E-state index in [-0.39, 0.29) is 36.1 Å². The molecule has 3 fully saturated rings. The van der Waals surface area contributed by atoms with E-state index in [1.165, 1.54) is 18.4 Å². The van der Waals surface area contributed by atoms with Gasteiger partial charge in [0.1, 0.15) is 17.7 Å². The van der Waals surface area contributed by atoms with Crippen LogP contribution in [0.15, 0.2) is 42.5 Å². The zero-order valence-corrected chi connectivity index (χ0v) is 23.4. The Morgan fingerprint density at radius 2 is 1.85 bits per heavy atom. The smallest absolute Gasteiger partial charge is 0.399 e. The van der Waals surface area contributed by atoms with Gasteiger partial charge in [-0.05, 0) is 55.7 Å². The topological polar surface area (TPSA) is 105 Å². The van der Waals surface area contributed by atoms with E-state index in [2.05, 4.69) is 5.32 Å². The number of benzene rings is 1. The van der Waals surface area contributed by atoms with E-state index >= 15 is 0 Å². The largest absolute Gasteiger partial charge is 0.414 e. The van der Waals surface area contributed by atoms with Crippen molar-refractivity contribution >= 4 is 35.0 Å². The molecule has 3 aliphatic rings. The first-order valence-electron chi connectivity index (χ1n) is 13.6. The van der Waals surface area contributed by atoms with Crippen LogP contribution in [0.1, 0.15) is 46.0 Å². The molecule has 2 aromatic rings. The van der Waals surface area contributed by atoms with Crippen LogP contribution in [0.25, 0.3) is 10.4 Å². The van der Waals surface area contributed by atoms with E-state index in [0.717, 1.165) is 16.9 Å². The van der Waals surface area contributed by atoms with E-state index in [1.54, 1.807) is 15.9 Å². The number of thiophene rings is 1. The molecule has 5 rings (SSSR count). The number of rotatable bonds is 8. The number of methoxy groups -OCH3 is 1. The highest BCUT2D eigenvalue weighted by Gasteiger charge is 2.56. The van der Waals surface area contributed by atoms with Crippen LogP contribution in [0.3, 0.4) is 0 Å². The minimum absolute atomic E-state index is 0.0184. The second-order valence-electron chi connectivity index (χ2n) is 11.0. The SMILES string of the molecule is COC1(C(=O)N2CC(=O)C3C2CCN3C(=O)C(CC(C)C)NC(=O)Oc2ccc(-c3ccccc3)s2)CCC1. The third-order valence-corrected chi connectivity index (χ3v) is 9.05. The molecule has 10 heteroatoms. The lowest BCUT2D eigenvalue weighted by Crippen LogP contribution is -2.56. The zero-order valence-electron chi connectivity index (χ0n) is 22.6. The highest BCUT2D eigenvalue weighted by molar-refractivity contribution is 7.17. The number of nitrogens with zero attached hydrogens (tertiary/aromatic N) is 2. The molecule has 1 aromatic carbocycles. The Balaban J connectivity index is 1.26. The molecule has 208 valence electrons. The molecule has 2 aliphatic heterocycles. The quantitative estimate of drug-likeness (QED) is 0.532. The van der Waals surface area contributed by atoms with Crippen LogP contribution in [0.4, 0.5) is 4.79 Å². The third-order valence-electron chi connectivity index (χ3n) is 8.04. The third kappa shape index (κ3) is 5.32. The minimum atomic E-state index is -0.848. The maximum absolute atomic E-state index is 13.7. The van der Waals surface area contributed by atoms with Gasteiger partial charge in [-0.15, -0.1) is 0 Å². The van der Waals surface area contributed by atoms with E-state index in [4.69, 9.17) is 9.47 Å². The zero-order chi connectivity index (χ0) is 27.7. The van der Waals surface area contributed by atoms with Crippen molar-refractivity contribution in [2.24, 2.45) is 5.92 Å². The number of nitrogens with one attached hydrogen (secondary N) is 1. The number of fused-ring (bicyclic) bond motifs is 1. The number of ketones is 1. The van der Waals surface area contributed by atoms with E-state index < -0.39 is 23.8 Å². The minimum Gasteiger partial charge on any atom is -0.399 e. The van der Waals surface area contributed by atoms with E-state index in [1.807, 2.05) is 50.2 Å². The number of likely N-dealkylation sites (tertiary alicyclic amines) is 2. The van der Waals surface area contributed by atoms with Crippen molar-refractivity contribution < 1.29 is 28.7 Å². The Bertz CT molecular complexity index is 1240. The van der Waals surface area contributed by atoms with Crippen LogP contribution in [-0.2, 0) is 19.1 Å². The summed E-state index contributed by atoms with van der Waals surface area (Å²) < 4.78 is 11.1. The summed E-state index contributed by atoms with van der Waals surface area (Å²) in [6.07, 6.45) is 2.40. The Hall–Kier alpha value is -3.24. The number of amides is 3. The number of ether oxygens (including phenoxy) is 2. The van der Waals surface area contributed by atoms with Crippen molar-refractivity contribution in [3.8, 4) is 15.5 Å². The molecule has 1 aromatic heterocycles. The van der Waals surface area contributed by atoms with Gasteiger partial charge in [0.15, 0.2) is 10.8 Å². The molecule has 3 amide bonds. The fraction of sp³-hybridized carbons (Fsp3) is 0.517.